The van der Waals surface area contributed by atoms with Gasteiger partial charge in [-0.1, -0.05) is 6.07 Å². The maximum Gasteiger partial charge on any atom is 0.408 e. The second-order valence-corrected chi connectivity index (χ2v) is 4.89. The Balaban J connectivity index is 0.00000242. The number of hydrogen-bond donors (Lipinski definition) is 2. The highest BCUT2D eigenvalue weighted by molar-refractivity contribution is 5.85. The zero-order valence-electron chi connectivity index (χ0n) is 12.6. The summed E-state index contributed by atoms with van der Waals surface area (Å²) in [6.07, 6.45) is -4.38. The molecule has 1 saturated heterocycles. The molecule has 9 heteroatoms. The molecule has 1 aliphatic rings. The number of aromatic hydroxyl groups is 1. The number of ether oxygens (including phenoxy) is 1. The van der Waals surface area contributed by atoms with Crippen molar-refractivity contribution in [2.75, 3.05) is 32.8 Å². The Morgan fingerprint density at radius 2 is 1.87 bits per heavy atom. The molecule has 0 radical (unpaired) electrons. The average Bonchev–Trinajstić information content (AvgIpc) is 2.42. The number of phenolic OH excluding ortho intramolecular Hbond substituents is 1. The highest BCUT2D eigenvalue weighted by Crippen LogP contribution is 2.40. The molecule has 1 aromatic carbocycles. The number of nitrogens with one attached hydrogen (secondary N) is 1. The van der Waals surface area contributed by atoms with Crippen molar-refractivity contribution in [3.63, 3.8) is 0 Å². The van der Waals surface area contributed by atoms with Gasteiger partial charge in [-0.3, -0.25) is 4.90 Å². The van der Waals surface area contributed by atoms with E-state index >= 15 is 0 Å². The average molecular weight is 377 g/mol. The van der Waals surface area contributed by atoms with E-state index in [1.165, 1.54) is 23.1 Å². The van der Waals surface area contributed by atoms with E-state index in [9.17, 15) is 18.3 Å². The third kappa shape index (κ3) is 5.60. The van der Waals surface area contributed by atoms with E-state index in [-0.39, 0.29) is 48.5 Å². The summed E-state index contributed by atoms with van der Waals surface area (Å²) in [7, 11) is 0. The summed E-state index contributed by atoms with van der Waals surface area (Å²) >= 11 is 0. The number of phenols is 1. The van der Waals surface area contributed by atoms with E-state index in [1.54, 1.807) is 6.92 Å². The van der Waals surface area contributed by atoms with Gasteiger partial charge in [0.05, 0.1) is 6.61 Å². The zero-order chi connectivity index (χ0) is 15.5. The van der Waals surface area contributed by atoms with Gasteiger partial charge in [-0.05, 0) is 24.6 Å². The Morgan fingerprint density at radius 1 is 1.26 bits per heavy atom. The maximum absolute atomic E-state index is 13.4. The van der Waals surface area contributed by atoms with Crippen LogP contribution in [0.25, 0.3) is 0 Å². The lowest BCUT2D eigenvalue weighted by atomic mass is 10.0. The first-order valence-electron chi connectivity index (χ1n) is 6.90. The van der Waals surface area contributed by atoms with Gasteiger partial charge in [0.1, 0.15) is 6.04 Å². The molecule has 0 aliphatic carbocycles. The van der Waals surface area contributed by atoms with Gasteiger partial charge in [-0.25, -0.2) is 0 Å². The molecule has 0 bridgehead atoms. The van der Waals surface area contributed by atoms with E-state index in [1.807, 2.05) is 0 Å². The molecular weight excluding hydrogens is 356 g/mol. The fourth-order valence-electron chi connectivity index (χ4n) is 2.52. The predicted octanol–water partition coefficient (Wildman–Crippen LogP) is 3.14. The summed E-state index contributed by atoms with van der Waals surface area (Å²) < 4.78 is 45.5. The van der Waals surface area contributed by atoms with Gasteiger partial charge < -0.3 is 15.2 Å². The van der Waals surface area contributed by atoms with Crippen LogP contribution in [-0.4, -0.2) is 49.0 Å². The lowest BCUT2D eigenvalue weighted by Crippen LogP contribution is -2.49. The van der Waals surface area contributed by atoms with Crippen LogP contribution in [-0.2, 0) is 0 Å². The van der Waals surface area contributed by atoms with Crippen LogP contribution in [0.15, 0.2) is 18.2 Å². The summed E-state index contributed by atoms with van der Waals surface area (Å²) in [4.78, 5) is 1.40. The fourth-order valence-corrected chi connectivity index (χ4v) is 2.52. The monoisotopic (exact) mass is 376 g/mol. The Labute approximate surface area is 145 Å². The molecule has 0 aromatic heterocycles. The van der Waals surface area contributed by atoms with Gasteiger partial charge in [0.25, 0.3) is 0 Å². The Hall–Kier alpha value is -0.890. The van der Waals surface area contributed by atoms with Gasteiger partial charge in [-0.15, -0.1) is 24.8 Å². The van der Waals surface area contributed by atoms with Gasteiger partial charge in [0.15, 0.2) is 11.5 Å². The first-order chi connectivity index (χ1) is 9.93. The van der Waals surface area contributed by atoms with Crippen LogP contribution in [0.3, 0.4) is 0 Å². The number of benzene rings is 1. The van der Waals surface area contributed by atoms with E-state index < -0.39 is 12.2 Å². The van der Waals surface area contributed by atoms with Gasteiger partial charge in [-0.2, -0.15) is 13.2 Å². The molecule has 2 N–H and O–H groups in total. The highest BCUT2D eigenvalue weighted by atomic mass is 35.5. The molecule has 0 amide bonds. The summed E-state index contributed by atoms with van der Waals surface area (Å²) in [6.45, 7) is 3.71. The molecule has 1 aromatic rings. The Bertz CT molecular complexity index is 484. The van der Waals surface area contributed by atoms with E-state index in [0.717, 1.165) is 0 Å². The van der Waals surface area contributed by atoms with Crippen LogP contribution in [0.1, 0.15) is 18.5 Å². The molecule has 0 saturated carbocycles. The molecule has 1 atom stereocenters. The van der Waals surface area contributed by atoms with Crippen LogP contribution in [0, 0.1) is 0 Å². The van der Waals surface area contributed by atoms with Crippen molar-refractivity contribution in [1.82, 2.24) is 10.2 Å². The maximum atomic E-state index is 13.4. The minimum atomic E-state index is -4.38. The van der Waals surface area contributed by atoms with Crippen LogP contribution in [0.2, 0.25) is 0 Å². The van der Waals surface area contributed by atoms with Crippen molar-refractivity contribution in [3.05, 3.63) is 23.8 Å². The second kappa shape index (κ2) is 9.42. The summed E-state index contributed by atoms with van der Waals surface area (Å²) in [6, 6.07) is 2.15. The summed E-state index contributed by atoms with van der Waals surface area (Å²) in [5, 5.41) is 12.7. The summed E-state index contributed by atoms with van der Waals surface area (Å²) in [5.41, 5.74) is 0.0886. The van der Waals surface area contributed by atoms with Crippen molar-refractivity contribution in [1.29, 1.82) is 0 Å². The molecule has 4 nitrogen and oxygen atoms in total. The van der Waals surface area contributed by atoms with E-state index in [0.29, 0.717) is 26.2 Å². The van der Waals surface area contributed by atoms with Crippen molar-refractivity contribution in [3.8, 4) is 11.5 Å². The van der Waals surface area contributed by atoms with Crippen molar-refractivity contribution >= 4 is 24.8 Å². The van der Waals surface area contributed by atoms with Crippen LogP contribution in [0.5, 0.6) is 11.5 Å². The third-order valence-corrected chi connectivity index (χ3v) is 3.43. The predicted molar refractivity (Wildman–Crippen MR) is 87.0 cm³/mol. The molecule has 2 rings (SSSR count). The molecule has 0 spiro atoms. The first kappa shape index (κ1) is 22.1. The molecule has 1 fully saturated rings. The normalized spacial score (nSPS) is 16.9. The Kier molecular flexibility index (Phi) is 9.05. The smallest absolute Gasteiger partial charge is 0.408 e. The lowest BCUT2D eigenvalue weighted by Gasteiger charge is -2.36. The Morgan fingerprint density at radius 3 is 2.39 bits per heavy atom. The minimum absolute atomic E-state index is 0. The molecule has 1 heterocycles. The first-order valence-corrected chi connectivity index (χ1v) is 6.90. The molecular formula is C14H21Cl2F3N2O2. The number of nitrogens with zero attached hydrogens (tertiary/aromatic N) is 1. The van der Waals surface area contributed by atoms with Crippen LogP contribution >= 0.6 is 24.8 Å². The molecule has 0 unspecified atom stereocenters. The van der Waals surface area contributed by atoms with Crippen molar-refractivity contribution < 1.29 is 23.0 Å². The largest absolute Gasteiger partial charge is 0.504 e. The lowest BCUT2D eigenvalue weighted by molar-refractivity contribution is -0.187. The van der Waals surface area contributed by atoms with Crippen molar-refractivity contribution in [2.24, 2.45) is 0 Å². The third-order valence-electron chi connectivity index (χ3n) is 3.43. The van der Waals surface area contributed by atoms with E-state index in [4.69, 9.17) is 4.74 Å². The topological polar surface area (TPSA) is 44.7 Å². The second-order valence-electron chi connectivity index (χ2n) is 4.89. The fraction of sp³-hybridized carbons (Fsp3) is 0.571. The van der Waals surface area contributed by atoms with Crippen molar-refractivity contribution in [2.45, 2.75) is 19.1 Å². The number of rotatable bonds is 4. The molecule has 23 heavy (non-hydrogen) atoms. The number of piperazine rings is 1. The summed E-state index contributed by atoms with van der Waals surface area (Å²) in [5.74, 6) is -0.0683. The van der Waals surface area contributed by atoms with E-state index in [2.05, 4.69) is 5.32 Å². The standard InChI is InChI=1S/C14H19F3N2O2.2ClH/c1-2-21-12-9-10(3-4-11(12)20)13(14(15,16)17)19-7-5-18-6-8-19;;/h3-4,9,13,18,20H,2,5-8H2,1H3;2*1H/t13-;;/m1../s1. The number of hydrogen-bond acceptors (Lipinski definition) is 4. The van der Waals surface area contributed by atoms with Gasteiger partial charge >= 0.3 is 6.18 Å². The van der Waals surface area contributed by atoms with Gasteiger partial charge in [0, 0.05) is 26.2 Å². The van der Waals surface area contributed by atoms with Crippen LogP contribution < -0.4 is 10.1 Å². The zero-order valence-corrected chi connectivity index (χ0v) is 14.2. The van der Waals surface area contributed by atoms with Gasteiger partial charge in [0.2, 0.25) is 0 Å². The quantitative estimate of drug-likeness (QED) is 0.847. The number of halogens is 5. The molecule has 1 aliphatic heterocycles. The molecule has 134 valence electrons. The highest BCUT2D eigenvalue weighted by Gasteiger charge is 2.45. The van der Waals surface area contributed by atoms with Crippen LogP contribution in [0.4, 0.5) is 13.2 Å². The minimum Gasteiger partial charge on any atom is -0.504 e. The number of alkyl halides is 3. The SMILES string of the molecule is CCOc1cc([C@@H](N2CCNCC2)C(F)(F)F)ccc1O.Cl.Cl.